The van der Waals surface area contributed by atoms with Crippen molar-refractivity contribution in [2.24, 2.45) is 0 Å². The Bertz CT molecular complexity index is 885. The third kappa shape index (κ3) is 3.77. The lowest BCUT2D eigenvalue weighted by Gasteiger charge is -2.12. The summed E-state index contributed by atoms with van der Waals surface area (Å²) in [4.78, 5) is 17.0. The Balaban J connectivity index is 1.39. The lowest BCUT2D eigenvalue weighted by Crippen LogP contribution is -2.27. The van der Waals surface area contributed by atoms with E-state index in [-0.39, 0.29) is 5.91 Å². The topological polar surface area (TPSA) is 56.2 Å². The summed E-state index contributed by atoms with van der Waals surface area (Å²) in [6.45, 7) is 1.27. The molecule has 1 aliphatic carbocycles. The Morgan fingerprint density at radius 3 is 2.69 bits per heavy atom. The van der Waals surface area contributed by atoms with Crippen LogP contribution in [-0.2, 0) is 6.54 Å². The first-order chi connectivity index (χ1) is 12.8. The summed E-state index contributed by atoms with van der Waals surface area (Å²) in [7, 11) is 0. The molecule has 4 rings (SSSR count). The van der Waals surface area contributed by atoms with Gasteiger partial charge in [0.1, 0.15) is 17.3 Å². The summed E-state index contributed by atoms with van der Waals surface area (Å²) in [5, 5.41) is 2.98. The Labute approximate surface area is 152 Å². The number of benzene rings is 2. The largest absolute Gasteiger partial charge is 0.457 e. The predicted molar refractivity (Wildman–Crippen MR) is 99.5 cm³/mol. The molecular formula is C21H21N3O2. The van der Waals surface area contributed by atoms with Gasteiger partial charge < -0.3 is 14.6 Å². The average Bonchev–Trinajstić information content (AvgIpc) is 3.41. The van der Waals surface area contributed by atoms with E-state index in [1.165, 1.54) is 12.8 Å². The zero-order valence-corrected chi connectivity index (χ0v) is 14.5. The fourth-order valence-corrected chi connectivity index (χ4v) is 2.96. The third-order valence-corrected chi connectivity index (χ3v) is 4.43. The molecule has 0 saturated heterocycles. The number of aromatic nitrogens is 2. The van der Waals surface area contributed by atoms with Crippen LogP contribution in [0.4, 0.5) is 0 Å². The molecule has 0 unspecified atom stereocenters. The molecule has 0 bridgehead atoms. The fourth-order valence-electron chi connectivity index (χ4n) is 2.96. The van der Waals surface area contributed by atoms with Crippen molar-refractivity contribution in [3.05, 3.63) is 78.4 Å². The highest BCUT2D eigenvalue weighted by molar-refractivity contribution is 5.97. The summed E-state index contributed by atoms with van der Waals surface area (Å²) in [6.07, 6.45) is 6.24. The van der Waals surface area contributed by atoms with E-state index in [2.05, 4.69) is 14.9 Å². The molecule has 0 atom stereocenters. The lowest BCUT2D eigenvalue weighted by molar-refractivity contribution is 0.0950. The Hall–Kier alpha value is -3.08. The molecule has 1 aromatic heterocycles. The number of nitrogens with zero attached hydrogens (tertiary/aromatic N) is 2. The van der Waals surface area contributed by atoms with Crippen molar-refractivity contribution >= 4 is 5.91 Å². The van der Waals surface area contributed by atoms with Gasteiger partial charge in [-0.2, -0.15) is 0 Å². The fraction of sp³-hybridized carbons (Fsp3) is 0.238. The summed E-state index contributed by atoms with van der Waals surface area (Å²) in [5.41, 5.74) is 0.532. The third-order valence-electron chi connectivity index (χ3n) is 4.43. The molecule has 1 heterocycles. The van der Waals surface area contributed by atoms with Gasteiger partial charge in [0.05, 0.1) is 5.56 Å². The first-order valence-electron chi connectivity index (χ1n) is 8.92. The molecule has 26 heavy (non-hydrogen) atoms. The standard InChI is InChI=1S/C21H21N3O2/c25-21(23-13-15-24-14-12-22-20(24)16-10-11-16)18-8-4-5-9-19(18)26-17-6-2-1-3-7-17/h1-9,12,14,16H,10-11,13,15H2,(H,23,25). The second-order valence-corrected chi connectivity index (χ2v) is 6.42. The van der Waals surface area contributed by atoms with E-state index in [1.54, 1.807) is 6.07 Å². The number of para-hydroxylation sites is 2. The molecule has 1 aliphatic rings. The van der Waals surface area contributed by atoms with Crippen molar-refractivity contribution in [2.45, 2.75) is 25.3 Å². The van der Waals surface area contributed by atoms with Crippen LogP contribution in [-0.4, -0.2) is 22.0 Å². The average molecular weight is 347 g/mol. The maximum absolute atomic E-state index is 12.6. The number of hydrogen-bond acceptors (Lipinski definition) is 3. The molecule has 1 N–H and O–H groups in total. The smallest absolute Gasteiger partial charge is 0.255 e. The Kier molecular flexibility index (Phi) is 4.69. The maximum Gasteiger partial charge on any atom is 0.255 e. The minimum absolute atomic E-state index is 0.135. The highest BCUT2D eigenvalue weighted by atomic mass is 16.5. The van der Waals surface area contributed by atoms with Gasteiger partial charge in [0, 0.05) is 31.4 Å². The van der Waals surface area contributed by atoms with E-state index in [9.17, 15) is 4.79 Å². The van der Waals surface area contributed by atoms with Gasteiger partial charge in [0.2, 0.25) is 0 Å². The van der Waals surface area contributed by atoms with E-state index < -0.39 is 0 Å². The van der Waals surface area contributed by atoms with Crippen LogP contribution in [0.3, 0.4) is 0 Å². The van der Waals surface area contributed by atoms with Crippen molar-refractivity contribution in [3.8, 4) is 11.5 Å². The highest BCUT2D eigenvalue weighted by Crippen LogP contribution is 2.38. The molecule has 0 aliphatic heterocycles. The summed E-state index contributed by atoms with van der Waals surface area (Å²) in [6, 6.07) is 16.8. The molecule has 0 radical (unpaired) electrons. The number of carbonyl (C=O) groups excluding carboxylic acids is 1. The number of hydrogen-bond donors (Lipinski definition) is 1. The van der Waals surface area contributed by atoms with Crippen LogP contribution < -0.4 is 10.1 Å². The molecule has 1 fully saturated rings. The molecule has 1 amide bonds. The minimum Gasteiger partial charge on any atom is -0.457 e. The van der Waals surface area contributed by atoms with Crippen LogP contribution in [0.5, 0.6) is 11.5 Å². The first-order valence-corrected chi connectivity index (χ1v) is 8.92. The van der Waals surface area contributed by atoms with Gasteiger partial charge in [-0.25, -0.2) is 4.98 Å². The Morgan fingerprint density at radius 2 is 1.88 bits per heavy atom. The normalized spacial score (nSPS) is 13.4. The van der Waals surface area contributed by atoms with Gasteiger partial charge in [-0.05, 0) is 37.1 Å². The quantitative estimate of drug-likeness (QED) is 0.703. The lowest BCUT2D eigenvalue weighted by atomic mass is 10.2. The second-order valence-electron chi connectivity index (χ2n) is 6.42. The number of nitrogens with one attached hydrogen (secondary N) is 1. The van der Waals surface area contributed by atoms with Gasteiger partial charge in [-0.1, -0.05) is 30.3 Å². The summed E-state index contributed by atoms with van der Waals surface area (Å²) < 4.78 is 7.99. The highest BCUT2D eigenvalue weighted by Gasteiger charge is 2.27. The minimum atomic E-state index is -0.135. The number of ether oxygens (including phenoxy) is 1. The SMILES string of the molecule is O=C(NCCn1ccnc1C1CC1)c1ccccc1Oc1ccccc1. The van der Waals surface area contributed by atoms with Gasteiger partial charge in [-0.15, -0.1) is 0 Å². The van der Waals surface area contributed by atoms with Gasteiger partial charge in [-0.3, -0.25) is 4.79 Å². The van der Waals surface area contributed by atoms with E-state index in [1.807, 2.05) is 60.9 Å². The second kappa shape index (κ2) is 7.44. The zero-order valence-electron chi connectivity index (χ0n) is 14.5. The van der Waals surface area contributed by atoms with Crippen LogP contribution in [0.1, 0.15) is 34.9 Å². The van der Waals surface area contributed by atoms with Crippen LogP contribution in [0.15, 0.2) is 67.0 Å². The maximum atomic E-state index is 12.6. The van der Waals surface area contributed by atoms with Gasteiger partial charge in [0.25, 0.3) is 5.91 Å². The van der Waals surface area contributed by atoms with E-state index in [0.29, 0.717) is 29.5 Å². The van der Waals surface area contributed by atoms with Crippen molar-refractivity contribution in [1.29, 1.82) is 0 Å². The molecule has 2 aromatic carbocycles. The summed E-state index contributed by atoms with van der Waals surface area (Å²) >= 11 is 0. The van der Waals surface area contributed by atoms with E-state index in [4.69, 9.17) is 4.74 Å². The molecule has 3 aromatic rings. The Morgan fingerprint density at radius 1 is 1.12 bits per heavy atom. The van der Waals surface area contributed by atoms with Crippen LogP contribution in [0.25, 0.3) is 0 Å². The van der Waals surface area contributed by atoms with Crippen molar-refractivity contribution in [1.82, 2.24) is 14.9 Å². The number of amides is 1. The van der Waals surface area contributed by atoms with Crippen molar-refractivity contribution in [2.75, 3.05) is 6.54 Å². The van der Waals surface area contributed by atoms with Crippen molar-refractivity contribution < 1.29 is 9.53 Å². The van der Waals surface area contributed by atoms with Crippen molar-refractivity contribution in [3.63, 3.8) is 0 Å². The molecule has 5 nitrogen and oxygen atoms in total. The summed E-state index contributed by atoms with van der Waals surface area (Å²) in [5.74, 6) is 2.86. The number of imidazole rings is 1. The molecular weight excluding hydrogens is 326 g/mol. The van der Waals surface area contributed by atoms with Gasteiger partial charge in [0.15, 0.2) is 0 Å². The number of carbonyl (C=O) groups is 1. The first kappa shape index (κ1) is 16.4. The van der Waals surface area contributed by atoms with E-state index in [0.717, 1.165) is 12.4 Å². The van der Waals surface area contributed by atoms with E-state index >= 15 is 0 Å². The molecule has 132 valence electrons. The van der Waals surface area contributed by atoms with Crippen LogP contribution in [0, 0.1) is 0 Å². The molecule has 0 spiro atoms. The van der Waals surface area contributed by atoms with Gasteiger partial charge >= 0.3 is 0 Å². The van der Waals surface area contributed by atoms with Crippen LogP contribution in [0.2, 0.25) is 0 Å². The monoisotopic (exact) mass is 347 g/mol. The zero-order chi connectivity index (χ0) is 17.8. The molecule has 1 saturated carbocycles. The molecule has 5 heteroatoms. The predicted octanol–water partition coefficient (Wildman–Crippen LogP) is 3.98. The number of rotatable bonds is 7. The van der Waals surface area contributed by atoms with Crippen LogP contribution >= 0.6 is 0 Å².